The van der Waals surface area contributed by atoms with Gasteiger partial charge < -0.3 is 0 Å². The Morgan fingerprint density at radius 3 is 2.60 bits per heavy atom. The van der Waals surface area contributed by atoms with E-state index in [-0.39, 0.29) is 0 Å². The lowest BCUT2D eigenvalue weighted by Crippen LogP contribution is -1.80. The van der Waals surface area contributed by atoms with E-state index in [1.807, 2.05) is 19.2 Å². The van der Waals surface area contributed by atoms with Crippen molar-refractivity contribution in [2.45, 2.75) is 33.6 Å². The van der Waals surface area contributed by atoms with Crippen LogP contribution in [-0.2, 0) is 6.42 Å². The standard InChI is InChI=1S/C5H8N2S.C2H6/c1-2-3-5-4-8-7-6-5;1-2/h4H,2-3H2,1H3;1-2H3. The summed E-state index contributed by atoms with van der Waals surface area (Å²) in [5, 5.41) is 5.86. The molecule has 0 aliphatic carbocycles. The Hall–Kier alpha value is -0.440. The summed E-state index contributed by atoms with van der Waals surface area (Å²) in [7, 11) is 0. The number of rotatable bonds is 2. The highest BCUT2D eigenvalue weighted by Gasteiger charge is 1.90. The van der Waals surface area contributed by atoms with Crippen LogP contribution >= 0.6 is 11.5 Å². The van der Waals surface area contributed by atoms with E-state index in [9.17, 15) is 0 Å². The molecule has 1 heterocycles. The van der Waals surface area contributed by atoms with Gasteiger partial charge >= 0.3 is 0 Å². The van der Waals surface area contributed by atoms with Gasteiger partial charge in [-0.15, -0.1) is 5.10 Å². The lowest BCUT2D eigenvalue weighted by molar-refractivity contribution is 0.870. The fourth-order valence-corrected chi connectivity index (χ4v) is 1.03. The average molecular weight is 158 g/mol. The van der Waals surface area contributed by atoms with Crippen molar-refractivity contribution in [2.24, 2.45) is 0 Å². The van der Waals surface area contributed by atoms with Gasteiger partial charge in [0.2, 0.25) is 0 Å². The second-order valence-corrected chi connectivity index (χ2v) is 2.26. The summed E-state index contributed by atoms with van der Waals surface area (Å²) in [6.07, 6.45) is 2.22. The molecule has 1 aromatic rings. The number of aryl methyl sites for hydroxylation is 1. The first-order valence-electron chi connectivity index (χ1n) is 3.69. The molecule has 10 heavy (non-hydrogen) atoms. The third-order valence-corrected chi connectivity index (χ3v) is 1.46. The van der Waals surface area contributed by atoms with Crippen LogP contribution in [0.3, 0.4) is 0 Å². The molecule has 0 unspecified atom stereocenters. The van der Waals surface area contributed by atoms with Crippen molar-refractivity contribution in [1.29, 1.82) is 0 Å². The molecule has 0 fully saturated rings. The van der Waals surface area contributed by atoms with Crippen molar-refractivity contribution < 1.29 is 0 Å². The zero-order valence-electron chi connectivity index (χ0n) is 6.79. The van der Waals surface area contributed by atoms with E-state index in [4.69, 9.17) is 0 Å². The fraction of sp³-hybridized carbons (Fsp3) is 0.714. The van der Waals surface area contributed by atoms with Gasteiger partial charge in [0.05, 0.1) is 5.69 Å². The van der Waals surface area contributed by atoms with Gasteiger partial charge in [-0.05, 0) is 18.0 Å². The van der Waals surface area contributed by atoms with Crippen LogP contribution in [0.1, 0.15) is 32.9 Å². The Kier molecular flexibility index (Phi) is 6.38. The third-order valence-electron chi connectivity index (χ3n) is 0.911. The summed E-state index contributed by atoms with van der Waals surface area (Å²) in [5.41, 5.74) is 1.12. The lowest BCUT2D eigenvalue weighted by Gasteiger charge is -1.82. The molecule has 0 radical (unpaired) electrons. The molecule has 0 saturated carbocycles. The molecule has 0 atom stereocenters. The molecule has 1 rings (SSSR count). The van der Waals surface area contributed by atoms with Crippen LogP contribution in [0, 0.1) is 0 Å². The van der Waals surface area contributed by atoms with Crippen LogP contribution in [-0.4, -0.2) is 9.59 Å². The van der Waals surface area contributed by atoms with E-state index in [1.54, 1.807) is 0 Å². The van der Waals surface area contributed by atoms with Crippen LogP contribution in [0.15, 0.2) is 5.38 Å². The zero-order chi connectivity index (χ0) is 7.82. The molecule has 2 nitrogen and oxygen atoms in total. The fourth-order valence-electron chi connectivity index (χ4n) is 0.549. The zero-order valence-corrected chi connectivity index (χ0v) is 7.61. The first kappa shape index (κ1) is 9.56. The lowest BCUT2D eigenvalue weighted by atomic mass is 10.3. The molecule has 0 aliphatic rings. The van der Waals surface area contributed by atoms with E-state index < -0.39 is 0 Å². The minimum absolute atomic E-state index is 1.07. The van der Waals surface area contributed by atoms with E-state index >= 15 is 0 Å². The Labute approximate surface area is 66.5 Å². The van der Waals surface area contributed by atoms with E-state index in [1.165, 1.54) is 11.5 Å². The first-order valence-corrected chi connectivity index (χ1v) is 4.53. The maximum atomic E-state index is 3.87. The van der Waals surface area contributed by atoms with Gasteiger partial charge in [-0.3, -0.25) is 0 Å². The number of aromatic nitrogens is 2. The molecule has 1 aromatic heterocycles. The summed E-state index contributed by atoms with van der Waals surface area (Å²) < 4.78 is 3.73. The average Bonchev–Trinajstić information content (AvgIpc) is 2.46. The van der Waals surface area contributed by atoms with Crippen molar-refractivity contribution in [3.63, 3.8) is 0 Å². The summed E-state index contributed by atoms with van der Waals surface area (Å²) in [6, 6.07) is 0. The predicted octanol–water partition coefficient (Wildman–Crippen LogP) is 2.52. The molecule has 0 aromatic carbocycles. The van der Waals surface area contributed by atoms with E-state index in [0.29, 0.717) is 0 Å². The maximum Gasteiger partial charge on any atom is 0.0755 e. The van der Waals surface area contributed by atoms with Crippen LogP contribution in [0.5, 0.6) is 0 Å². The van der Waals surface area contributed by atoms with Crippen molar-refractivity contribution >= 4 is 11.5 Å². The smallest absolute Gasteiger partial charge is 0.0755 e. The molecular formula is C7H14N2S. The summed E-state index contributed by atoms with van der Waals surface area (Å²) in [5.74, 6) is 0. The number of hydrogen-bond acceptors (Lipinski definition) is 3. The molecule has 0 saturated heterocycles. The largest absolute Gasteiger partial charge is 0.143 e. The Morgan fingerprint density at radius 2 is 2.20 bits per heavy atom. The minimum atomic E-state index is 1.07. The Bertz CT molecular complexity index is 137. The van der Waals surface area contributed by atoms with Gasteiger partial charge in [0, 0.05) is 5.38 Å². The molecular weight excluding hydrogens is 144 g/mol. The third kappa shape index (κ3) is 3.56. The van der Waals surface area contributed by atoms with Crippen LogP contribution in [0.25, 0.3) is 0 Å². The Morgan fingerprint density at radius 1 is 1.50 bits per heavy atom. The monoisotopic (exact) mass is 158 g/mol. The van der Waals surface area contributed by atoms with Crippen LogP contribution in [0.2, 0.25) is 0 Å². The second kappa shape index (κ2) is 6.68. The van der Waals surface area contributed by atoms with Gasteiger partial charge in [0.15, 0.2) is 0 Å². The van der Waals surface area contributed by atoms with Crippen molar-refractivity contribution in [2.75, 3.05) is 0 Å². The molecule has 0 bridgehead atoms. The van der Waals surface area contributed by atoms with E-state index in [0.717, 1.165) is 18.5 Å². The maximum absolute atomic E-state index is 3.87. The molecule has 3 heteroatoms. The highest BCUT2D eigenvalue weighted by Crippen LogP contribution is 1.98. The second-order valence-electron chi connectivity index (χ2n) is 1.65. The first-order chi connectivity index (χ1) is 4.93. The number of hydrogen-bond donors (Lipinski definition) is 0. The van der Waals surface area contributed by atoms with Crippen molar-refractivity contribution in [1.82, 2.24) is 9.59 Å². The molecule has 0 spiro atoms. The highest BCUT2D eigenvalue weighted by molar-refractivity contribution is 7.03. The quantitative estimate of drug-likeness (QED) is 0.661. The number of nitrogens with zero attached hydrogens (tertiary/aromatic N) is 2. The highest BCUT2D eigenvalue weighted by atomic mass is 32.1. The van der Waals surface area contributed by atoms with Crippen LogP contribution < -0.4 is 0 Å². The molecule has 0 amide bonds. The topological polar surface area (TPSA) is 25.8 Å². The van der Waals surface area contributed by atoms with E-state index in [2.05, 4.69) is 16.5 Å². The summed E-state index contributed by atoms with van der Waals surface area (Å²) in [4.78, 5) is 0. The van der Waals surface area contributed by atoms with Gasteiger partial charge in [-0.25, -0.2) is 0 Å². The SMILES string of the molecule is CC.CCCc1csnn1. The minimum Gasteiger partial charge on any atom is -0.143 e. The molecule has 58 valence electrons. The predicted molar refractivity (Wildman–Crippen MR) is 45.3 cm³/mol. The van der Waals surface area contributed by atoms with Crippen molar-refractivity contribution in [3.05, 3.63) is 11.1 Å². The van der Waals surface area contributed by atoms with Crippen LogP contribution in [0.4, 0.5) is 0 Å². The van der Waals surface area contributed by atoms with Gasteiger partial charge in [-0.2, -0.15) is 0 Å². The molecule has 0 N–H and O–H groups in total. The van der Waals surface area contributed by atoms with Gasteiger partial charge in [-0.1, -0.05) is 31.7 Å². The normalized spacial score (nSPS) is 8.30. The summed E-state index contributed by atoms with van der Waals surface area (Å²) >= 11 is 1.42. The molecule has 0 aliphatic heterocycles. The van der Waals surface area contributed by atoms with Crippen molar-refractivity contribution in [3.8, 4) is 0 Å². The summed E-state index contributed by atoms with van der Waals surface area (Å²) in [6.45, 7) is 6.14. The Balaban J connectivity index is 0.000000371. The van der Waals surface area contributed by atoms with Gasteiger partial charge in [0.1, 0.15) is 0 Å². The van der Waals surface area contributed by atoms with Gasteiger partial charge in [0.25, 0.3) is 0 Å².